The third-order valence-electron chi connectivity index (χ3n) is 7.17. The number of hydrogen-bond acceptors (Lipinski definition) is 5. The molecule has 0 bridgehead atoms. The maximum atomic E-state index is 14.1. The van der Waals surface area contributed by atoms with Gasteiger partial charge >= 0.3 is 0 Å². The lowest BCUT2D eigenvalue weighted by Gasteiger charge is -2.20. The van der Waals surface area contributed by atoms with E-state index in [1.165, 1.54) is 7.11 Å². The van der Waals surface area contributed by atoms with Crippen molar-refractivity contribution < 1.29 is 18.7 Å². The van der Waals surface area contributed by atoms with E-state index >= 15 is 0 Å². The lowest BCUT2D eigenvalue weighted by molar-refractivity contribution is 0.104. The van der Waals surface area contributed by atoms with Crippen LogP contribution in [0.1, 0.15) is 60.7 Å². The maximum absolute atomic E-state index is 14.1. The van der Waals surface area contributed by atoms with Crippen LogP contribution in [0.5, 0.6) is 11.5 Å². The molecular formula is C30H31NO5. The molecule has 0 radical (unpaired) electrons. The fraction of sp³-hybridized carbons (Fsp3) is 0.333. The number of furan rings is 1. The molecule has 0 fully saturated rings. The molecule has 36 heavy (non-hydrogen) atoms. The summed E-state index contributed by atoms with van der Waals surface area (Å²) < 4.78 is 18.7. The Morgan fingerprint density at radius 1 is 0.889 bits per heavy atom. The van der Waals surface area contributed by atoms with Crippen LogP contribution in [-0.2, 0) is 6.54 Å². The molecule has 0 saturated heterocycles. The van der Waals surface area contributed by atoms with Gasteiger partial charge in [0.05, 0.1) is 37.1 Å². The fourth-order valence-corrected chi connectivity index (χ4v) is 5.36. The Hall–Kier alpha value is -3.80. The first-order valence-corrected chi connectivity index (χ1v) is 12.4. The minimum Gasteiger partial charge on any atom is -0.493 e. The molecule has 2 heterocycles. The number of carbonyl (C=O) groups excluding carboxylic acids is 1. The largest absolute Gasteiger partial charge is 0.493 e. The summed E-state index contributed by atoms with van der Waals surface area (Å²) in [6, 6.07) is 15.0. The minimum atomic E-state index is -0.189. The van der Waals surface area contributed by atoms with Crippen LogP contribution in [0, 0.1) is 5.92 Å². The summed E-state index contributed by atoms with van der Waals surface area (Å²) in [7, 11) is 3.06. The van der Waals surface area contributed by atoms with Crippen LogP contribution in [0.2, 0.25) is 0 Å². The van der Waals surface area contributed by atoms with Crippen molar-refractivity contribution in [1.29, 1.82) is 0 Å². The molecule has 0 aliphatic heterocycles. The Morgan fingerprint density at radius 3 is 2.33 bits per heavy atom. The first-order valence-electron chi connectivity index (χ1n) is 12.4. The van der Waals surface area contributed by atoms with Crippen molar-refractivity contribution in [2.45, 2.75) is 45.6 Å². The highest BCUT2D eigenvalue weighted by atomic mass is 16.5. The number of pyridine rings is 1. The molecule has 2 aromatic carbocycles. The minimum absolute atomic E-state index is 0.0750. The molecule has 6 nitrogen and oxygen atoms in total. The quantitative estimate of drug-likeness (QED) is 0.240. The first-order chi connectivity index (χ1) is 17.5. The van der Waals surface area contributed by atoms with Gasteiger partial charge in [-0.05, 0) is 43.0 Å². The molecule has 0 amide bonds. The molecular weight excluding hydrogens is 454 g/mol. The van der Waals surface area contributed by atoms with Crippen molar-refractivity contribution in [1.82, 2.24) is 4.57 Å². The molecule has 0 N–H and O–H groups in total. The van der Waals surface area contributed by atoms with Gasteiger partial charge in [0.25, 0.3) is 5.56 Å². The highest BCUT2D eigenvalue weighted by Crippen LogP contribution is 2.43. The van der Waals surface area contributed by atoms with Gasteiger partial charge in [0.1, 0.15) is 5.76 Å². The molecule has 5 rings (SSSR count). The van der Waals surface area contributed by atoms with E-state index in [1.807, 2.05) is 36.4 Å². The molecule has 1 aliphatic carbocycles. The highest BCUT2D eigenvalue weighted by molar-refractivity contribution is 6.27. The average Bonchev–Trinajstić information content (AvgIpc) is 3.52. The Labute approximate surface area is 210 Å². The third kappa shape index (κ3) is 3.91. The van der Waals surface area contributed by atoms with Gasteiger partial charge in [-0.3, -0.25) is 9.59 Å². The van der Waals surface area contributed by atoms with Crippen molar-refractivity contribution in [3.63, 3.8) is 0 Å². The summed E-state index contributed by atoms with van der Waals surface area (Å²) in [6.45, 7) is 4.87. The topological polar surface area (TPSA) is 70.7 Å². The average molecular weight is 486 g/mol. The molecule has 6 heteroatoms. The molecule has 1 atom stereocenters. The van der Waals surface area contributed by atoms with Gasteiger partial charge in [-0.25, -0.2) is 0 Å². The summed E-state index contributed by atoms with van der Waals surface area (Å²) in [4.78, 5) is 27.7. The van der Waals surface area contributed by atoms with E-state index in [0.29, 0.717) is 58.0 Å². The van der Waals surface area contributed by atoms with E-state index in [9.17, 15) is 9.59 Å². The highest BCUT2D eigenvalue weighted by Gasteiger charge is 2.34. The van der Waals surface area contributed by atoms with Gasteiger partial charge in [-0.15, -0.1) is 0 Å². The predicted molar refractivity (Wildman–Crippen MR) is 140 cm³/mol. The summed E-state index contributed by atoms with van der Waals surface area (Å²) in [5.41, 5.74) is 2.45. The summed E-state index contributed by atoms with van der Waals surface area (Å²) in [5, 5.41) is 0.959. The van der Waals surface area contributed by atoms with E-state index in [0.717, 1.165) is 24.2 Å². The predicted octanol–water partition coefficient (Wildman–Crippen LogP) is 6.43. The Bertz CT molecular complexity index is 1480. The van der Waals surface area contributed by atoms with Crippen molar-refractivity contribution >= 4 is 16.6 Å². The number of benzene rings is 2. The van der Waals surface area contributed by atoms with Crippen molar-refractivity contribution in [3.05, 3.63) is 82.0 Å². The van der Waals surface area contributed by atoms with E-state index in [1.54, 1.807) is 30.1 Å². The van der Waals surface area contributed by atoms with Gasteiger partial charge < -0.3 is 18.5 Å². The number of hydrogen-bond donors (Lipinski definition) is 0. The molecule has 1 unspecified atom stereocenters. The van der Waals surface area contributed by atoms with Gasteiger partial charge in [0, 0.05) is 29.0 Å². The van der Waals surface area contributed by atoms with Gasteiger partial charge in [0.2, 0.25) is 0 Å². The zero-order valence-electron chi connectivity index (χ0n) is 21.2. The van der Waals surface area contributed by atoms with Crippen LogP contribution >= 0.6 is 0 Å². The number of ketones is 1. The van der Waals surface area contributed by atoms with E-state index in [-0.39, 0.29) is 17.3 Å². The molecule has 0 spiro atoms. The first kappa shape index (κ1) is 23.9. The van der Waals surface area contributed by atoms with E-state index < -0.39 is 0 Å². The zero-order valence-corrected chi connectivity index (χ0v) is 21.2. The summed E-state index contributed by atoms with van der Waals surface area (Å²) in [5.74, 6) is 2.40. The maximum Gasteiger partial charge on any atom is 0.262 e. The summed E-state index contributed by atoms with van der Waals surface area (Å²) in [6.07, 6.45) is 4.43. The number of fused-ring (bicyclic) bond motifs is 5. The van der Waals surface area contributed by atoms with Crippen LogP contribution < -0.4 is 15.0 Å². The van der Waals surface area contributed by atoms with Crippen molar-refractivity contribution in [2.24, 2.45) is 5.92 Å². The van der Waals surface area contributed by atoms with Crippen LogP contribution in [0.3, 0.4) is 0 Å². The number of methoxy groups -OCH3 is 2. The number of nitrogens with zero attached hydrogens (tertiary/aromatic N) is 1. The monoisotopic (exact) mass is 485 g/mol. The second-order valence-electron chi connectivity index (χ2n) is 9.75. The Kier molecular flexibility index (Phi) is 6.44. The molecule has 4 aromatic rings. The second-order valence-corrected chi connectivity index (χ2v) is 9.75. The van der Waals surface area contributed by atoms with Crippen molar-refractivity contribution in [3.8, 4) is 22.8 Å². The standard InChI is InChI=1S/C30H31NO5/c1-18(2)11-12-19(23-10-7-17-36-23)15-16-31-27-20-8-5-6-9-21(20)28(32)25(27)22-13-14-24(34-3)29(35-4)26(22)30(31)33/h5-10,13-14,17-19H,11-12,15-16H2,1-4H3. The number of aromatic nitrogens is 1. The van der Waals surface area contributed by atoms with Crippen LogP contribution in [0.15, 0.2) is 64.0 Å². The Morgan fingerprint density at radius 2 is 1.67 bits per heavy atom. The molecule has 2 aromatic heterocycles. The van der Waals surface area contributed by atoms with E-state index in [2.05, 4.69) is 13.8 Å². The van der Waals surface area contributed by atoms with Crippen LogP contribution in [-0.4, -0.2) is 24.6 Å². The number of carbonyl (C=O) groups is 1. The van der Waals surface area contributed by atoms with Gasteiger partial charge in [-0.2, -0.15) is 0 Å². The number of rotatable bonds is 9. The van der Waals surface area contributed by atoms with Gasteiger partial charge in [0.15, 0.2) is 17.3 Å². The third-order valence-corrected chi connectivity index (χ3v) is 7.17. The lowest BCUT2D eigenvalue weighted by Crippen LogP contribution is -2.25. The van der Waals surface area contributed by atoms with Crippen LogP contribution in [0.25, 0.3) is 22.0 Å². The molecule has 1 aliphatic rings. The van der Waals surface area contributed by atoms with Crippen LogP contribution in [0.4, 0.5) is 0 Å². The molecule has 0 saturated carbocycles. The van der Waals surface area contributed by atoms with Gasteiger partial charge in [-0.1, -0.05) is 44.5 Å². The van der Waals surface area contributed by atoms with E-state index in [4.69, 9.17) is 13.9 Å². The summed E-state index contributed by atoms with van der Waals surface area (Å²) >= 11 is 0. The van der Waals surface area contributed by atoms with Crippen molar-refractivity contribution in [2.75, 3.05) is 14.2 Å². The smallest absolute Gasteiger partial charge is 0.262 e. The SMILES string of the molecule is COc1ccc2c3c(n(CCC(CCC(C)C)c4ccco4)c(=O)c2c1OC)-c1ccccc1C3=O. The fourth-order valence-electron chi connectivity index (χ4n) is 5.36. The number of ether oxygens (including phenoxy) is 2. The molecule has 186 valence electrons. The zero-order chi connectivity index (χ0) is 25.4. The Balaban J connectivity index is 1.70. The normalized spacial score (nSPS) is 13.2. The second kappa shape index (κ2) is 9.69. The lowest BCUT2D eigenvalue weighted by atomic mass is 9.92.